The maximum atomic E-state index is 6.21. The minimum atomic E-state index is 0.376. The van der Waals surface area contributed by atoms with Gasteiger partial charge in [0.1, 0.15) is 16.1 Å². The zero-order chi connectivity index (χ0) is 14.5. The number of halogens is 1. The average Bonchev–Trinajstić information content (AvgIpc) is 2.90. The summed E-state index contributed by atoms with van der Waals surface area (Å²) < 4.78 is 2.16. The van der Waals surface area contributed by atoms with Crippen molar-refractivity contribution in [2.45, 2.75) is 49.9 Å². The molecule has 0 amide bonds. The molecular weight excluding hydrogens is 292 g/mol. The standard InChI is InChI=1S/C14H21ClN4S/c1-3-5-6-19-9-18-12-11(15)8-17-14(13(12)19)20-10(4-2)7-16/h8-10H,3-7,16H2,1-2H3. The summed E-state index contributed by atoms with van der Waals surface area (Å²) in [6, 6.07) is 0. The van der Waals surface area contributed by atoms with Gasteiger partial charge in [-0.3, -0.25) is 0 Å². The van der Waals surface area contributed by atoms with Gasteiger partial charge in [0.15, 0.2) is 0 Å². The summed E-state index contributed by atoms with van der Waals surface area (Å²) in [5.74, 6) is 0. The Labute approximate surface area is 129 Å². The molecule has 0 bridgehead atoms. The number of imidazole rings is 1. The lowest BCUT2D eigenvalue weighted by atomic mass is 10.3. The number of nitrogens with zero attached hydrogens (tertiary/aromatic N) is 3. The first-order valence-electron chi connectivity index (χ1n) is 7.07. The Hall–Kier alpha value is -0.780. The van der Waals surface area contributed by atoms with Crippen molar-refractivity contribution in [2.24, 2.45) is 5.73 Å². The average molecular weight is 313 g/mol. The maximum absolute atomic E-state index is 6.21. The highest BCUT2D eigenvalue weighted by molar-refractivity contribution is 8.00. The first-order chi connectivity index (χ1) is 9.71. The number of hydrogen-bond donors (Lipinski definition) is 1. The van der Waals surface area contributed by atoms with Gasteiger partial charge in [0.25, 0.3) is 0 Å². The largest absolute Gasteiger partial charge is 0.329 e. The predicted octanol–water partition coefficient (Wildman–Crippen LogP) is 3.71. The van der Waals surface area contributed by atoms with Crippen LogP contribution in [-0.4, -0.2) is 26.3 Å². The lowest BCUT2D eigenvalue weighted by Crippen LogP contribution is -2.15. The second-order valence-corrected chi connectivity index (χ2v) is 6.48. The molecule has 110 valence electrons. The van der Waals surface area contributed by atoms with Gasteiger partial charge in [-0.05, 0) is 12.8 Å². The Kier molecular flexibility index (Phi) is 5.69. The number of thioether (sulfide) groups is 1. The van der Waals surface area contributed by atoms with E-state index < -0.39 is 0 Å². The van der Waals surface area contributed by atoms with Crippen LogP contribution in [-0.2, 0) is 6.54 Å². The first-order valence-corrected chi connectivity index (χ1v) is 8.33. The number of aryl methyl sites for hydroxylation is 1. The van der Waals surface area contributed by atoms with Crippen LogP contribution in [0.3, 0.4) is 0 Å². The molecule has 0 radical (unpaired) electrons. The molecule has 4 nitrogen and oxygen atoms in total. The molecule has 1 atom stereocenters. The smallest absolute Gasteiger partial charge is 0.122 e. The van der Waals surface area contributed by atoms with Gasteiger partial charge < -0.3 is 10.3 Å². The highest BCUT2D eigenvalue weighted by Crippen LogP contribution is 2.32. The fourth-order valence-electron chi connectivity index (χ4n) is 2.06. The molecule has 0 aliphatic heterocycles. The fraction of sp³-hybridized carbons (Fsp3) is 0.571. The second kappa shape index (κ2) is 7.29. The van der Waals surface area contributed by atoms with Crippen molar-refractivity contribution in [3.05, 3.63) is 17.5 Å². The lowest BCUT2D eigenvalue weighted by Gasteiger charge is -2.13. The molecule has 0 fully saturated rings. The molecule has 1 unspecified atom stereocenters. The third kappa shape index (κ3) is 3.27. The molecule has 0 saturated carbocycles. The number of hydrogen-bond acceptors (Lipinski definition) is 4. The summed E-state index contributed by atoms with van der Waals surface area (Å²) in [5, 5.41) is 1.97. The van der Waals surface area contributed by atoms with Crippen molar-refractivity contribution in [3.63, 3.8) is 0 Å². The van der Waals surface area contributed by atoms with Crippen LogP contribution in [0.5, 0.6) is 0 Å². The number of aromatic nitrogens is 3. The lowest BCUT2D eigenvalue weighted by molar-refractivity contribution is 0.642. The van der Waals surface area contributed by atoms with Gasteiger partial charge in [-0.2, -0.15) is 0 Å². The van der Waals surface area contributed by atoms with Crippen molar-refractivity contribution < 1.29 is 0 Å². The number of nitrogens with two attached hydrogens (primary N) is 1. The minimum Gasteiger partial charge on any atom is -0.329 e. The van der Waals surface area contributed by atoms with Crippen LogP contribution < -0.4 is 5.73 Å². The quantitative estimate of drug-likeness (QED) is 0.792. The second-order valence-electron chi connectivity index (χ2n) is 4.78. The van der Waals surface area contributed by atoms with Crippen molar-refractivity contribution >= 4 is 34.4 Å². The van der Waals surface area contributed by atoms with Crippen LogP contribution in [0.25, 0.3) is 11.0 Å². The van der Waals surface area contributed by atoms with Gasteiger partial charge in [-0.25, -0.2) is 9.97 Å². The van der Waals surface area contributed by atoms with Crippen LogP contribution in [0.1, 0.15) is 33.1 Å². The Morgan fingerprint density at radius 3 is 2.85 bits per heavy atom. The zero-order valence-electron chi connectivity index (χ0n) is 12.0. The summed E-state index contributed by atoms with van der Waals surface area (Å²) in [6.07, 6.45) is 6.84. The SMILES string of the molecule is CCCCn1cnc2c(Cl)cnc(SC(CC)CN)c21. The van der Waals surface area contributed by atoms with Crippen LogP contribution in [0.2, 0.25) is 5.02 Å². The van der Waals surface area contributed by atoms with Gasteiger partial charge in [0.2, 0.25) is 0 Å². The van der Waals surface area contributed by atoms with E-state index in [0.717, 1.165) is 41.9 Å². The molecule has 2 aromatic heterocycles. The molecule has 6 heteroatoms. The number of unbranched alkanes of at least 4 members (excludes halogenated alkanes) is 1. The molecule has 0 saturated heterocycles. The molecule has 2 N–H and O–H groups in total. The highest BCUT2D eigenvalue weighted by atomic mass is 35.5. The van der Waals surface area contributed by atoms with E-state index in [4.69, 9.17) is 17.3 Å². The molecule has 2 aromatic rings. The predicted molar refractivity (Wildman–Crippen MR) is 86.4 cm³/mol. The first kappa shape index (κ1) is 15.6. The molecular formula is C14H21ClN4S. The van der Waals surface area contributed by atoms with Gasteiger partial charge >= 0.3 is 0 Å². The normalized spacial score (nSPS) is 13.0. The van der Waals surface area contributed by atoms with Crippen molar-refractivity contribution in [2.75, 3.05) is 6.54 Å². The van der Waals surface area contributed by atoms with Crippen molar-refractivity contribution in [1.29, 1.82) is 0 Å². The van der Waals surface area contributed by atoms with Gasteiger partial charge in [-0.1, -0.05) is 43.6 Å². The van der Waals surface area contributed by atoms with Gasteiger partial charge in [0, 0.05) is 24.5 Å². The Morgan fingerprint density at radius 1 is 1.40 bits per heavy atom. The molecule has 0 aliphatic carbocycles. The molecule has 20 heavy (non-hydrogen) atoms. The van der Waals surface area contributed by atoms with Crippen LogP contribution >= 0.6 is 23.4 Å². The van der Waals surface area contributed by atoms with E-state index in [1.54, 1.807) is 18.0 Å². The Bertz CT molecular complexity index is 566. The molecule has 0 aliphatic rings. The fourth-order valence-corrected chi connectivity index (χ4v) is 3.26. The van der Waals surface area contributed by atoms with Crippen LogP contribution in [0, 0.1) is 0 Å². The Morgan fingerprint density at radius 2 is 2.20 bits per heavy atom. The van der Waals surface area contributed by atoms with E-state index in [9.17, 15) is 0 Å². The van der Waals surface area contributed by atoms with Gasteiger partial charge in [-0.15, -0.1) is 0 Å². The van der Waals surface area contributed by atoms with E-state index in [1.807, 2.05) is 6.33 Å². The van der Waals surface area contributed by atoms with Crippen molar-refractivity contribution in [3.8, 4) is 0 Å². The van der Waals surface area contributed by atoms with E-state index in [2.05, 4.69) is 28.4 Å². The Balaban J connectivity index is 2.42. The number of fused-ring (bicyclic) bond motifs is 1. The molecule has 0 aromatic carbocycles. The highest BCUT2D eigenvalue weighted by Gasteiger charge is 2.16. The monoisotopic (exact) mass is 312 g/mol. The van der Waals surface area contributed by atoms with E-state index in [-0.39, 0.29) is 0 Å². The molecule has 2 rings (SSSR count). The van der Waals surface area contributed by atoms with Gasteiger partial charge in [0.05, 0.1) is 11.3 Å². The minimum absolute atomic E-state index is 0.376. The number of rotatable bonds is 7. The zero-order valence-corrected chi connectivity index (χ0v) is 13.5. The van der Waals surface area contributed by atoms with Crippen LogP contribution in [0.4, 0.5) is 0 Å². The molecule has 2 heterocycles. The molecule has 0 spiro atoms. The topological polar surface area (TPSA) is 56.7 Å². The van der Waals surface area contributed by atoms with E-state index in [1.165, 1.54) is 0 Å². The van der Waals surface area contributed by atoms with E-state index >= 15 is 0 Å². The van der Waals surface area contributed by atoms with E-state index in [0.29, 0.717) is 16.8 Å². The summed E-state index contributed by atoms with van der Waals surface area (Å²) in [6.45, 7) is 5.92. The van der Waals surface area contributed by atoms with Crippen molar-refractivity contribution in [1.82, 2.24) is 14.5 Å². The van der Waals surface area contributed by atoms with Crippen LogP contribution in [0.15, 0.2) is 17.6 Å². The summed E-state index contributed by atoms with van der Waals surface area (Å²) in [4.78, 5) is 8.93. The summed E-state index contributed by atoms with van der Waals surface area (Å²) >= 11 is 7.93. The third-order valence-electron chi connectivity index (χ3n) is 3.31. The summed E-state index contributed by atoms with van der Waals surface area (Å²) in [5.41, 5.74) is 7.69. The number of pyridine rings is 1. The summed E-state index contributed by atoms with van der Waals surface area (Å²) in [7, 11) is 0. The third-order valence-corrected chi connectivity index (χ3v) is 4.97. The maximum Gasteiger partial charge on any atom is 0.122 e.